The van der Waals surface area contributed by atoms with E-state index < -0.39 is 5.91 Å². The van der Waals surface area contributed by atoms with Gasteiger partial charge in [-0.05, 0) is 42.2 Å². The Hall–Kier alpha value is -3.26. The molecule has 11 heteroatoms. The molecule has 0 fully saturated rings. The van der Waals surface area contributed by atoms with Crippen molar-refractivity contribution in [2.45, 2.75) is 5.16 Å². The minimum absolute atomic E-state index is 0.0836. The molecule has 0 aliphatic rings. The first kappa shape index (κ1) is 24.4. The van der Waals surface area contributed by atoms with Gasteiger partial charge in [-0.25, -0.2) is 0 Å². The van der Waals surface area contributed by atoms with Gasteiger partial charge in [-0.2, -0.15) is 14.6 Å². The van der Waals surface area contributed by atoms with E-state index in [1.54, 1.807) is 30.3 Å². The number of benzene rings is 2. The summed E-state index contributed by atoms with van der Waals surface area (Å²) in [5.74, 6) is 0.958. The maximum absolute atomic E-state index is 12.4. The third-order valence-electron chi connectivity index (χ3n) is 4.11. The van der Waals surface area contributed by atoms with Crippen molar-refractivity contribution in [1.29, 1.82) is 5.26 Å². The number of nitrogens with zero attached hydrogens (tertiary/aromatic N) is 3. The molecule has 170 valence electrons. The van der Waals surface area contributed by atoms with E-state index in [2.05, 4.69) is 14.7 Å². The molecule has 3 aromatic rings. The van der Waals surface area contributed by atoms with Crippen LogP contribution in [0.3, 0.4) is 0 Å². The predicted octanol–water partition coefficient (Wildman–Crippen LogP) is 4.93. The molecule has 0 radical (unpaired) electrons. The fourth-order valence-electron chi connectivity index (χ4n) is 2.58. The molecular weight excluding hydrogens is 484 g/mol. The number of halogens is 1. The highest BCUT2D eigenvalue weighted by Gasteiger charge is 2.14. The number of amides is 1. The Kier molecular flexibility index (Phi) is 8.95. The lowest BCUT2D eigenvalue weighted by molar-refractivity contribution is -0.112. The van der Waals surface area contributed by atoms with E-state index in [0.29, 0.717) is 38.1 Å². The monoisotopic (exact) mass is 502 g/mol. The highest BCUT2D eigenvalue weighted by Crippen LogP contribution is 2.29. The van der Waals surface area contributed by atoms with E-state index in [1.807, 2.05) is 24.5 Å². The van der Waals surface area contributed by atoms with Crippen molar-refractivity contribution in [2.75, 3.05) is 31.9 Å². The summed E-state index contributed by atoms with van der Waals surface area (Å²) in [6.07, 6.45) is 3.29. The molecule has 0 aliphatic carbocycles. The van der Waals surface area contributed by atoms with Crippen LogP contribution in [0.4, 0.5) is 5.13 Å². The van der Waals surface area contributed by atoms with E-state index in [1.165, 1.54) is 24.9 Å². The second-order valence-corrected chi connectivity index (χ2v) is 8.18. The summed E-state index contributed by atoms with van der Waals surface area (Å²) >= 11 is 8.48. The van der Waals surface area contributed by atoms with Crippen LogP contribution < -0.4 is 19.5 Å². The second-order valence-electron chi connectivity index (χ2n) is 6.25. The number of rotatable bonds is 10. The number of hydrogen-bond acceptors (Lipinski definition) is 9. The summed E-state index contributed by atoms with van der Waals surface area (Å²) in [7, 11) is 1.51. The van der Waals surface area contributed by atoms with Gasteiger partial charge in [-0.15, -0.1) is 0 Å². The fourth-order valence-corrected chi connectivity index (χ4v) is 3.89. The lowest BCUT2D eigenvalue weighted by atomic mass is 10.1. The average molecular weight is 503 g/mol. The third kappa shape index (κ3) is 6.86. The molecule has 3 rings (SSSR count). The van der Waals surface area contributed by atoms with Gasteiger partial charge in [-0.3, -0.25) is 10.1 Å². The van der Waals surface area contributed by atoms with Gasteiger partial charge < -0.3 is 14.2 Å². The average Bonchev–Trinajstić information content (AvgIpc) is 3.29. The van der Waals surface area contributed by atoms with E-state index in [0.717, 1.165) is 11.5 Å². The standard InChI is InChI=1S/C22H19ClN4O4S2/c1-29-19-12-14(11-15(13-24)20(28)25-21-26-22(32-2)27-33-21)7-8-18(19)31-10-9-30-17-6-4-3-5-16(17)23/h3-8,11-12H,9-10H2,1-2H3,(H,25,26,27,28). The van der Waals surface area contributed by atoms with Crippen molar-refractivity contribution in [3.05, 3.63) is 58.6 Å². The normalized spacial score (nSPS) is 10.9. The van der Waals surface area contributed by atoms with Crippen LogP contribution in [0, 0.1) is 11.3 Å². The molecule has 1 heterocycles. The van der Waals surface area contributed by atoms with Crippen molar-refractivity contribution in [3.63, 3.8) is 0 Å². The molecule has 1 amide bonds. The Morgan fingerprint density at radius 1 is 1.21 bits per heavy atom. The van der Waals surface area contributed by atoms with Crippen LogP contribution in [-0.2, 0) is 4.79 Å². The lowest BCUT2D eigenvalue weighted by Gasteiger charge is -2.12. The Labute approximate surface area is 204 Å². The summed E-state index contributed by atoms with van der Waals surface area (Å²) in [6.45, 7) is 0.555. The summed E-state index contributed by atoms with van der Waals surface area (Å²) in [5, 5.41) is 13.4. The van der Waals surface area contributed by atoms with Crippen LogP contribution in [-0.4, -0.2) is 41.8 Å². The van der Waals surface area contributed by atoms with Crippen LogP contribution >= 0.6 is 34.9 Å². The number of aromatic nitrogens is 2. The number of hydrogen-bond donors (Lipinski definition) is 1. The number of para-hydroxylation sites is 1. The number of ether oxygens (including phenoxy) is 3. The van der Waals surface area contributed by atoms with Crippen molar-refractivity contribution in [1.82, 2.24) is 9.36 Å². The van der Waals surface area contributed by atoms with Crippen LogP contribution in [0.5, 0.6) is 17.2 Å². The largest absolute Gasteiger partial charge is 0.493 e. The molecule has 0 unspecified atom stereocenters. The van der Waals surface area contributed by atoms with Crippen LogP contribution in [0.1, 0.15) is 5.56 Å². The van der Waals surface area contributed by atoms with Gasteiger partial charge in [0.15, 0.2) is 11.5 Å². The molecule has 1 N–H and O–H groups in total. The van der Waals surface area contributed by atoms with E-state index in [-0.39, 0.29) is 18.8 Å². The Balaban J connectivity index is 1.63. The number of nitriles is 1. The van der Waals surface area contributed by atoms with Crippen LogP contribution in [0.25, 0.3) is 6.08 Å². The van der Waals surface area contributed by atoms with Gasteiger partial charge >= 0.3 is 0 Å². The third-order valence-corrected chi connectivity index (χ3v) is 5.72. The fraction of sp³-hybridized carbons (Fsp3) is 0.182. The quantitative estimate of drug-likeness (QED) is 0.180. The minimum Gasteiger partial charge on any atom is -0.493 e. The maximum Gasteiger partial charge on any atom is 0.268 e. The smallest absolute Gasteiger partial charge is 0.268 e. The van der Waals surface area contributed by atoms with Gasteiger partial charge in [0, 0.05) is 11.5 Å². The topological polar surface area (TPSA) is 106 Å². The zero-order chi connectivity index (χ0) is 23.6. The van der Waals surface area contributed by atoms with Gasteiger partial charge in [0.1, 0.15) is 30.6 Å². The number of carbonyl (C=O) groups is 1. The number of methoxy groups -OCH3 is 1. The Morgan fingerprint density at radius 2 is 1.97 bits per heavy atom. The van der Waals surface area contributed by atoms with Crippen molar-refractivity contribution in [2.24, 2.45) is 0 Å². The summed E-state index contributed by atoms with van der Waals surface area (Å²) in [4.78, 5) is 16.6. The van der Waals surface area contributed by atoms with E-state index >= 15 is 0 Å². The van der Waals surface area contributed by atoms with Crippen molar-refractivity contribution < 1.29 is 19.0 Å². The highest BCUT2D eigenvalue weighted by atomic mass is 35.5. The summed E-state index contributed by atoms with van der Waals surface area (Å²) < 4.78 is 20.8. The first-order valence-corrected chi connectivity index (χ1v) is 11.9. The first-order chi connectivity index (χ1) is 16.0. The molecule has 0 spiro atoms. The SMILES string of the molecule is COc1cc(C=C(C#N)C(=O)Nc2nc(SC)ns2)ccc1OCCOc1ccccc1Cl. The highest BCUT2D eigenvalue weighted by molar-refractivity contribution is 7.98. The van der Waals surface area contributed by atoms with Gasteiger partial charge in [0.05, 0.1) is 12.1 Å². The molecule has 2 aromatic carbocycles. The Morgan fingerprint density at radius 3 is 2.64 bits per heavy atom. The zero-order valence-electron chi connectivity index (χ0n) is 17.7. The molecule has 33 heavy (non-hydrogen) atoms. The van der Waals surface area contributed by atoms with Gasteiger partial charge in [0.2, 0.25) is 10.3 Å². The number of thioether (sulfide) groups is 1. The molecule has 1 aromatic heterocycles. The maximum atomic E-state index is 12.4. The lowest BCUT2D eigenvalue weighted by Crippen LogP contribution is -2.13. The van der Waals surface area contributed by atoms with E-state index in [4.69, 9.17) is 25.8 Å². The molecule has 0 saturated carbocycles. The van der Waals surface area contributed by atoms with E-state index in [9.17, 15) is 10.1 Å². The second kappa shape index (κ2) is 12.1. The minimum atomic E-state index is -0.572. The summed E-state index contributed by atoms with van der Waals surface area (Å²) in [6, 6.07) is 14.2. The van der Waals surface area contributed by atoms with Gasteiger partial charge in [-0.1, -0.05) is 41.6 Å². The van der Waals surface area contributed by atoms with Gasteiger partial charge in [0.25, 0.3) is 5.91 Å². The predicted molar refractivity (Wildman–Crippen MR) is 129 cm³/mol. The molecule has 0 bridgehead atoms. The first-order valence-electron chi connectivity index (χ1n) is 9.53. The molecule has 0 atom stereocenters. The molecule has 8 nitrogen and oxygen atoms in total. The summed E-state index contributed by atoms with van der Waals surface area (Å²) in [5.41, 5.74) is 0.514. The number of nitrogens with one attached hydrogen (secondary N) is 1. The zero-order valence-corrected chi connectivity index (χ0v) is 20.1. The van der Waals surface area contributed by atoms with Crippen LogP contribution in [0.15, 0.2) is 53.2 Å². The molecular formula is C22H19ClN4O4S2. The van der Waals surface area contributed by atoms with Crippen molar-refractivity contribution in [3.8, 4) is 23.3 Å². The number of carbonyl (C=O) groups excluding carboxylic acids is 1. The van der Waals surface area contributed by atoms with Crippen LogP contribution in [0.2, 0.25) is 5.02 Å². The molecule has 0 saturated heterocycles. The Bertz CT molecular complexity index is 1190. The number of anilines is 1. The molecule has 0 aliphatic heterocycles. The van der Waals surface area contributed by atoms with Crippen molar-refractivity contribution >= 4 is 52.0 Å².